The van der Waals surface area contributed by atoms with Crippen LogP contribution in [0.4, 0.5) is 0 Å². The Morgan fingerprint density at radius 1 is 1.22 bits per heavy atom. The molecule has 3 heterocycles. The molecule has 1 amide bonds. The Hall–Kier alpha value is -2.67. The molecule has 4 rings (SSSR count). The number of nitrogens with one attached hydrogen (secondary N) is 1. The Bertz CT molecular complexity index is 970. The third-order valence-corrected chi connectivity index (χ3v) is 5.35. The molecule has 1 aromatic carbocycles. The first-order valence-electron chi connectivity index (χ1n) is 9.02. The van der Waals surface area contributed by atoms with Crippen LogP contribution in [0.5, 0.6) is 0 Å². The van der Waals surface area contributed by atoms with E-state index in [0.29, 0.717) is 35.4 Å². The fraction of sp³-hybridized carbons (Fsp3) is 0.368. The maximum atomic E-state index is 13.0. The van der Waals surface area contributed by atoms with E-state index in [1.54, 1.807) is 12.1 Å². The number of aromatic nitrogens is 5. The average molecular weight is 385 g/mol. The van der Waals surface area contributed by atoms with Gasteiger partial charge in [0.2, 0.25) is 0 Å². The number of benzene rings is 1. The number of rotatable bonds is 3. The zero-order valence-electron chi connectivity index (χ0n) is 15.3. The number of carbonyl (C=O) groups is 1. The number of nitrogens with zero attached hydrogens (tertiary/aromatic N) is 5. The van der Waals surface area contributed by atoms with Crippen LogP contribution in [0.25, 0.3) is 5.69 Å². The van der Waals surface area contributed by atoms with Crippen LogP contribution in [-0.2, 0) is 0 Å². The first kappa shape index (κ1) is 17.7. The van der Waals surface area contributed by atoms with Crippen LogP contribution >= 0.6 is 11.6 Å². The maximum absolute atomic E-state index is 13.0. The van der Waals surface area contributed by atoms with Gasteiger partial charge in [-0.3, -0.25) is 9.89 Å². The summed E-state index contributed by atoms with van der Waals surface area (Å²) in [4.78, 5) is 16.3. The quantitative estimate of drug-likeness (QED) is 0.751. The minimum absolute atomic E-state index is 0.0665. The van der Waals surface area contributed by atoms with Gasteiger partial charge in [-0.2, -0.15) is 15.0 Å². The van der Waals surface area contributed by atoms with E-state index in [4.69, 9.17) is 11.6 Å². The predicted octanol–water partition coefficient (Wildman–Crippen LogP) is 3.28. The monoisotopic (exact) mass is 384 g/mol. The number of carbonyl (C=O) groups excluding carboxylic acids is 1. The fourth-order valence-corrected chi connectivity index (χ4v) is 3.79. The van der Waals surface area contributed by atoms with Gasteiger partial charge in [-0.25, -0.2) is 0 Å². The van der Waals surface area contributed by atoms with Gasteiger partial charge in [-0.15, -0.1) is 5.10 Å². The molecule has 3 aromatic rings. The first-order chi connectivity index (χ1) is 13.0. The van der Waals surface area contributed by atoms with Crippen molar-refractivity contribution in [3.05, 3.63) is 58.1 Å². The standard InChI is InChI=1S/C19H21ClN6O/c1-12-17(11-21-22-12)14-6-8-25(9-7-14)19(27)18-13(2)23-26(24-18)16-5-3-4-15(20)10-16/h3-5,10-11,14H,6-9H2,1-2H3,(H,21,22). The van der Waals surface area contributed by atoms with E-state index >= 15 is 0 Å². The number of hydrogen-bond donors (Lipinski definition) is 1. The minimum atomic E-state index is -0.0665. The summed E-state index contributed by atoms with van der Waals surface area (Å²) in [6.45, 7) is 5.26. The van der Waals surface area contributed by atoms with E-state index in [2.05, 4.69) is 20.4 Å². The lowest BCUT2D eigenvalue weighted by Gasteiger charge is -2.31. The van der Waals surface area contributed by atoms with Gasteiger partial charge in [-0.05, 0) is 56.4 Å². The van der Waals surface area contributed by atoms with Crippen molar-refractivity contribution in [3.8, 4) is 5.69 Å². The molecule has 1 aliphatic rings. The van der Waals surface area contributed by atoms with Crippen molar-refractivity contribution in [2.75, 3.05) is 13.1 Å². The summed E-state index contributed by atoms with van der Waals surface area (Å²) in [5.74, 6) is 0.374. The van der Waals surface area contributed by atoms with Crippen molar-refractivity contribution in [1.29, 1.82) is 0 Å². The second-order valence-corrected chi connectivity index (χ2v) is 7.36. The Morgan fingerprint density at radius 3 is 2.67 bits per heavy atom. The van der Waals surface area contributed by atoms with Crippen LogP contribution < -0.4 is 0 Å². The van der Waals surface area contributed by atoms with Crippen LogP contribution in [0.2, 0.25) is 5.02 Å². The second kappa shape index (κ2) is 7.15. The molecular formula is C19H21ClN6O. The largest absolute Gasteiger partial charge is 0.337 e. The molecule has 1 aliphatic heterocycles. The molecule has 0 spiro atoms. The number of likely N-dealkylation sites (tertiary alicyclic amines) is 1. The number of hydrogen-bond acceptors (Lipinski definition) is 4. The number of aryl methyl sites for hydroxylation is 2. The molecule has 2 aromatic heterocycles. The van der Waals surface area contributed by atoms with Gasteiger partial charge < -0.3 is 4.90 Å². The molecule has 140 valence electrons. The smallest absolute Gasteiger partial charge is 0.276 e. The van der Waals surface area contributed by atoms with E-state index in [1.807, 2.05) is 37.1 Å². The molecule has 1 N–H and O–H groups in total. The Balaban J connectivity index is 1.48. The summed E-state index contributed by atoms with van der Waals surface area (Å²) >= 11 is 6.04. The van der Waals surface area contributed by atoms with Crippen molar-refractivity contribution in [2.24, 2.45) is 0 Å². The Labute approximate surface area is 162 Å². The highest BCUT2D eigenvalue weighted by Crippen LogP contribution is 2.29. The van der Waals surface area contributed by atoms with Crippen molar-refractivity contribution < 1.29 is 4.79 Å². The van der Waals surface area contributed by atoms with E-state index in [1.165, 1.54) is 10.4 Å². The van der Waals surface area contributed by atoms with Gasteiger partial charge in [-0.1, -0.05) is 17.7 Å². The summed E-state index contributed by atoms with van der Waals surface area (Å²) in [6, 6.07) is 7.26. The number of amides is 1. The number of H-pyrrole nitrogens is 1. The van der Waals surface area contributed by atoms with Gasteiger partial charge >= 0.3 is 0 Å². The molecule has 7 nitrogen and oxygen atoms in total. The summed E-state index contributed by atoms with van der Waals surface area (Å²) in [5.41, 5.74) is 4.12. The van der Waals surface area contributed by atoms with Crippen molar-refractivity contribution in [1.82, 2.24) is 30.1 Å². The molecule has 0 saturated carbocycles. The summed E-state index contributed by atoms with van der Waals surface area (Å²) in [5, 5.41) is 16.5. The highest BCUT2D eigenvalue weighted by molar-refractivity contribution is 6.30. The molecule has 1 fully saturated rings. The summed E-state index contributed by atoms with van der Waals surface area (Å²) in [7, 11) is 0. The zero-order valence-corrected chi connectivity index (χ0v) is 16.1. The Kier molecular flexibility index (Phi) is 4.70. The molecule has 0 radical (unpaired) electrons. The molecule has 8 heteroatoms. The van der Waals surface area contributed by atoms with E-state index in [9.17, 15) is 4.79 Å². The summed E-state index contributed by atoms with van der Waals surface area (Å²) < 4.78 is 0. The fourth-order valence-electron chi connectivity index (χ4n) is 3.61. The third kappa shape index (κ3) is 3.47. The molecule has 27 heavy (non-hydrogen) atoms. The lowest BCUT2D eigenvalue weighted by atomic mass is 9.90. The molecule has 0 atom stereocenters. The average Bonchev–Trinajstić information content (AvgIpc) is 3.27. The van der Waals surface area contributed by atoms with E-state index in [-0.39, 0.29) is 5.91 Å². The zero-order chi connectivity index (χ0) is 19.0. The van der Waals surface area contributed by atoms with Crippen LogP contribution in [0.3, 0.4) is 0 Å². The lowest BCUT2D eigenvalue weighted by molar-refractivity contribution is 0.0705. The minimum Gasteiger partial charge on any atom is -0.337 e. The molecule has 0 bridgehead atoms. The van der Waals surface area contributed by atoms with Gasteiger partial charge in [0.15, 0.2) is 5.69 Å². The van der Waals surface area contributed by atoms with Gasteiger partial charge in [0.1, 0.15) is 0 Å². The highest BCUT2D eigenvalue weighted by atomic mass is 35.5. The van der Waals surface area contributed by atoms with Crippen molar-refractivity contribution >= 4 is 17.5 Å². The van der Waals surface area contributed by atoms with Crippen molar-refractivity contribution in [3.63, 3.8) is 0 Å². The molecule has 1 saturated heterocycles. The SMILES string of the molecule is Cc1nn(-c2cccc(Cl)c2)nc1C(=O)N1CCC(c2cn[nH]c2C)CC1. The van der Waals surface area contributed by atoms with Crippen molar-refractivity contribution in [2.45, 2.75) is 32.6 Å². The van der Waals surface area contributed by atoms with Gasteiger partial charge in [0.05, 0.1) is 17.6 Å². The van der Waals surface area contributed by atoms with E-state index < -0.39 is 0 Å². The van der Waals surface area contributed by atoms with Gasteiger partial charge in [0.25, 0.3) is 5.91 Å². The van der Waals surface area contributed by atoms with Crippen LogP contribution in [0.1, 0.15) is 46.2 Å². The van der Waals surface area contributed by atoms with Crippen LogP contribution in [0, 0.1) is 13.8 Å². The van der Waals surface area contributed by atoms with Crippen LogP contribution in [0.15, 0.2) is 30.5 Å². The first-order valence-corrected chi connectivity index (χ1v) is 9.39. The third-order valence-electron chi connectivity index (χ3n) is 5.11. The highest BCUT2D eigenvalue weighted by Gasteiger charge is 2.28. The molecule has 0 aliphatic carbocycles. The normalized spacial score (nSPS) is 15.3. The summed E-state index contributed by atoms with van der Waals surface area (Å²) in [6.07, 6.45) is 3.75. The second-order valence-electron chi connectivity index (χ2n) is 6.92. The maximum Gasteiger partial charge on any atom is 0.276 e. The number of aromatic amines is 1. The lowest BCUT2D eigenvalue weighted by Crippen LogP contribution is -2.38. The van der Waals surface area contributed by atoms with Gasteiger partial charge in [0, 0.05) is 23.8 Å². The van der Waals surface area contributed by atoms with E-state index in [0.717, 1.165) is 24.2 Å². The van der Waals surface area contributed by atoms with Crippen LogP contribution in [-0.4, -0.2) is 49.1 Å². The number of halogens is 1. The predicted molar refractivity (Wildman–Crippen MR) is 102 cm³/mol. The topological polar surface area (TPSA) is 79.7 Å². The number of piperidine rings is 1. The molecular weight excluding hydrogens is 364 g/mol. The Morgan fingerprint density at radius 2 is 2.00 bits per heavy atom. The molecule has 0 unspecified atom stereocenters.